The summed E-state index contributed by atoms with van der Waals surface area (Å²) >= 11 is 0. The molecule has 0 saturated heterocycles. The van der Waals surface area contributed by atoms with Gasteiger partial charge in [0, 0.05) is 17.0 Å². The molecule has 5 heteroatoms. The van der Waals surface area contributed by atoms with Crippen LogP contribution in [0.4, 0.5) is 0 Å². The van der Waals surface area contributed by atoms with Gasteiger partial charge in [-0.2, -0.15) is 0 Å². The van der Waals surface area contributed by atoms with E-state index in [0.29, 0.717) is 12.1 Å². The minimum atomic E-state index is -0.895. The maximum Gasteiger partial charge on any atom is 0.337 e. The van der Waals surface area contributed by atoms with Gasteiger partial charge in [-0.05, 0) is 33.8 Å². The molecule has 5 nitrogen and oxygen atoms in total. The zero-order chi connectivity index (χ0) is 13.4. The molecule has 0 aromatic carbocycles. The van der Waals surface area contributed by atoms with Gasteiger partial charge >= 0.3 is 5.97 Å². The second-order valence-corrected chi connectivity index (χ2v) is 4.48. The zero-order valence-electron chi connectivity index (χ0n) is 10.9. The first-order valence-electron chi connectivity index (χ1n) is 5.73. The first kappa shape index (κ1) is 12.4. The number of carbonyl (C=O) groups is 1. The molecule has 0 saturated carbocycles. The lowest BCUT2D eigenvalue weighted by molar-refractivity contribution is 0.0696. The van der Waals surface area contributed by atoms with E-state index in [1.54, 1.807) is 6.07 Å². The van der Waals surface area contributed by atoms with Crippen LogP contribution >= 0.6 is 0 Å². The predicted molar refractivity (Wildman–Crippen MR) is 65.9 cm³/mol. The number of carboxylic acids is 1. The molecule has 0 unspecified atom stereocenters. The van der Waals surface area contributed by atoms with Gasteiger partial charge in [-0.25, -0.2) is 4.79 Å². The number of hydrogen-bond donors (Lipinski definition) is 1. The fourth-order valence-electron chi connectivity index (χ4n) is 2.15. The minimum Gasteiger partial charge on any atom is -0.478 e. The van der Waals surface area contributed by atoms with E-state index < -0.39 is 5.97 Å². The van der Waals surface area contributed by atoms with E-state index in [9.17, 15) is 4.79 Å². The van der Waals surface area contributed by atoms with Crippen molar-refractivity contribution < 1.29 is 14.4 Å². The van der Waals surface area contributed by atoms with E-state index in [4.69, 9.17) is 9.63 Å². The van der Waals surface area contributed by atoms with Crippen LogP contribution in [-0.2, 0) is 6.54 Å². The lowest BCUT2D eigenvalue weighted by Crippen LogP contribution is -2.07. The number of hydrogen-bond acceptors (Lipinski definition) is 3. The Balaban J connectivity index is 2.44. The smallest absolute Gasteiger partial charge is 0.337 e. The molecule has 0 aliphatic carbocycles. The van der Waals surface area contributed by atoms with Crippen LogP contribution in [0.5, 0.6) is 0 Å². The molecule has 2 rings (SSSR count). The fraction of sp³-hybridized carbons (Fsp3) is 0.385. The van der Waals surface area contributed by atoms with E-state index in [1.807, 2.05) is 32.3 Å². The van der Waals surface area contributed by atoms with Gasteiger partial charge in [-0.15, -0.1) is 0 Å². The molecule has 0 spiro atoms. The molecule has 2 aromatic rings. The summed E-state index contributed by atoms with van der Waals surface area (Å²) in [7, 11) is 0. The molecule has 2 aromatic heterocycles. The third-order valence-electron chi connectivity index (χ3n) is 3.30. The van der Waals surface area contributed by atoms with E-state index in [1.165, 1.54) is 0 Å². The maximum absolute atomic E-state index is 11.1. The molecule has 0 aliphatic heterocycles. The van der Waals surface area contributed by atoms with Crippen LogP contribution in [0, 0.1) is 27.7 Å². The van der Waals surface area contributed by atoms with Crippen LogP contribution in [0.25, 0.3) is 0 Å². The molecule has 96 valence electrons. The number of aromatic carboxylic acids is 1. The van der Waals surface area contributed by atoms with Gasteiger partial charge in [-0.3, -0.25) is 0 Å². The van der Waals surface area contributed by atoms with Crippen molar-refractivity contribution in [3.05, 3.63) is 40.0 Å². The van der Waals surface area contributed by atoms with Crippen LogP contribution in [-0.4, -0.2) is 20.8 Å². The lowest BCUT2D eigenvalue weighted by Gasteiger charge is -2.09. The summed E-state index contributed by atoms with van der Waals surface area (Å²) in [6, 6.07) is 1.69. The molecule has 1 N–H and O–H groups in total. The summed E-state index contributed by atoms with van der Waals surface area (Å²) in [6.45, 7) is 8.05. The van der Waals surface area contributed by atoms with Gasteiger partial charge in [0.05, 0.1) is 17.8 Å². The van der Waals surface area contributed by atoms with Gasteiger partial charge < -0.3 is 14.2 Å². The number of nitrogens with zero attached hydrogens (tertiary/aromatic N) is 2. The van der Waals surface area contributed by atoms with Crippen molar-refractivity contribution in [3.8, 4) is 0 Å². The molecule has 0 radical (unpaired) electrons. The van der Waals surface area contributed by atoms with Crippen molar-refractivity contribution >= 4 is 5.97 Å². The van der Waals surface area contributed by atoms with Crippen molar-refractivity contribution in [1.82, 2.24) is 9.72 Å². The Labute approximate surface area is 105 Å². The predicted octanol–water partition coefficient (Wildman–Crippen LogP) is 2.46. The Kier molecular flexibility index (Phi) is 2.98. The lowest BCUT2D eigenvalue weighted by atomic mass is 10.2. The van der Waals surface area contributed by atoms with Crippen molar-refractivity contribution in [3.63, 3.8) is 0 Å². The van der Waals surface area contributed by atoms with Gasteiger partial charge in [-0.1, -0.05) is 5.16 Å². The largest absolute Gasteiger partial charge is 0.478 e. The van der Waals surface area contributed by atoms with Crippen molar-refractivity contribution in [2.24, 2.45) is 0 Å². The van der Waals surface area contributed by atoms with Crippen molar-refractivity contribution in [2.75, 3.05) is 0 Å². The Morgan fingerprint density at radius 2 is 2.06 bits per heavy atom. The average Bonchev–Trinajstić information content (AvgIpc) is 2.75. The first-order chi connectivity index (χ1) is 8.41. The van der Waals surface area contributed by atoms with Gasteiger partial charge in [0.2, 0.25) is 0 Å². The van der Waals surface area contributed by atoms with Crippen LogP contribution in [0.15, 0.2) is 10.6 Å². The topological polar surface area (TPSA) is 68.3 Å². The van der Waals surface area contributed by atoms with Crippen molar-refractivity contribution in [2.45, 2.75) is 34.2 Å². The minimum absolute atomic E-state index is 0.347. The molecule has 18 heavy (non-hydrogen) atoms. The molecule has 0 bridgehead atoms. The number of aryl methyl sites for hydroxylation is 3. The highest BCUT2D eigenvalue weighted by atomic mass is 16.5. The Bertz CT molecular complexity index is 589. The normalized spacial score (nSPS) is 10.9. The monoisotopic (exact) mass is 248 g/mol. The van der Waals surface area contributed by atoms with E-state index in [-0.39, 0.29) is 0 Å². The molecule has 2 heterocycles. The Morgan fingerprint density at radius 3 is 2.50 bits per heavy atom. The SMILES string of the molecule is Cc1noc(C)c1Cn1c(C)cc(C(=O)O)c1C. The second-order valence-electron chi connectivity index (χ2n) is 4.48. The van der Waals surface area contributed by atoms with Crippen LogP contribution < -0.4 is 0 Å². The molecule has 0 amide bonds. The summed E-state index contributed by atoms with van der Waals surface area (Å²) in [5.41, 5.74) is 3.87. The van der Waals surface area contributed by atoms with Gasteiger partial charge in [0.25, 0.3) is 0 Å². The van der Waals surface area contributed by atoms with Crippen LogP contribution in [0.1, 0.15) is 38.8 Å². The Morgan fingerprint density at radius 1 is 1.39 bits per heavy atom. The zero-order valence-corrected chi connectivity index (χ0v) is 10.9. The van der Waals surface area contributed by atoms with Crippen LogP contribution in [0.2, 0.25) is 0 Å². The number of aromatic nitrogens is 2. The maximum atomic E-state index is 11.1. The van der Waals surface area contributed by atoms with E-state index in [0.717, 1.165) is 28.4 Å². The highest BCUT2D eigenvalue weighted by Crippen LogP contribution is 2.20. The summed E-state index contributed by atoms with van der Waals surface area (Å²) in [5.74, 6) is -0.120. The average molecular weight is 248 g/mol. The highest BCUT2D eigenvalue weighted by molar-refractivity contribution is 5.89. The summed E-state index contributed by atoms with van der Waals surface area (Å²) < 4.78 is 7.09. The second kappa shape index (κ2) is 4.33. The summed E-state index contributed by atoms with van der Waals surface area (Å²) in [6.07, 6.45) is 0. The van der Waals surface area contributed by atoms with Gasteiger partial charge in [0.1, 0.15) is 5.76 Å². The fourth-order valence-corrected chi connectivity index (χ4v) is 2.15. The summed E-state index contributed by atoms with van der Waals surface area (Å²) in [5, 5.41) is 13.0. The van der Waals surface area contributed by atoms with Crippen molar-refractivity contribution in [1.29, 1.82) is 0 Å². The summed E-state index contributed by atoms with van der Waals surface area (Å²) in [4.78, 5) is 11.1. The molecule has 0 fully saturated rings. The third kappa shape index (κ3) is 1.92. The van der Waals surface area contributed by atoms with E-state index >= 15 is 0 Å². The van der Waals surface area contributed by atoms with Crippen LogP contribution in [0.3, 0.4) is 0 Å². The Hall–Kier alpha value is -2.04. The molecule has 0 atom stereocenters. The number of rotatable bonds is 3. The van der Waals surface area contributed by atoms with E-state index in [2.05, 4.69) is 5.16 Å². The van der Waals surface area contributed by atoms with Gasteiger partial charge in [0.15, 0.2) is 0 Å². The molecule has 0 aliphatic rings. The standard InChI is InChI=1S/C13H16N2O3/c1-7-5-11(13(16)17)9(3)15(7)6-12-8(2)14-18-10(12)4/h5H,6H2,1-4H3,(H,16,17). The number of carboxylic acid groups (broad SMARTS) is 1. The molecular weight excluding hydrogens is 232 g/mol. The molecular formula is C13H16N2O3. The quantitative estimate of drug-likeness (QED) is 0.905. The highest BCUT2D eigenvalue weighted by Gasteiger charge is 2.17. The first-order valence-corrected chi connectivity index (χ1v) is 5.73. The third-order valence-corrected chi connectivity index (χ3v) is 3.30.